The lowest BCUT2D eigenvalue weighted by Gasteiger charge is -2.09. The molecular weight excluding hydrogens is 370 g/mol. The van der Waals surface area contributed by atoms with Crippen molar-refractivity contribution in [2.45, 2.75) is 34.3 Å². The summed E-state index contributed by atoms with van der Waals surface area (Å²) in [6.45, 7) is 7.40. The fourth-order valence-corrected chi connectivity index (χ4v) is 2.73. The summed E-state index contributed by atoms with van der Waals surface area (Å²) in [5, 5.41) is 9.34. The number of benzene rings is 2. The maximum absolute atomic E-state index is 12.7. The minimum atomic E-state index is -0.396. The van der Waals surface area contributed by atoms with Crippen LogP contribution in [0.3, 0.4) is 0 Å². The fourth-order valence-electron chi connectivity index (χ4n) is 2.73. The Kier molecular flexibility index (Phi) is 5.97. The van der Waals surface area contributed by atoms with Crippen LogP contribution in [0.5, 0.6) is 5.75 Å². The summed E-state index contributed by atoms with van der Waals surface area (Å²) in [5.41, 5.74) is 4.31. The summed E-state index contributed by atoms with van der Waals surface area (Å²) in [6, 6.07) is 12.6. The first-order valence-electron chi connectivity index (χ1n) is 9.17. The summed E-state index contributed by atoms with van der Waals surface area (Å²) in [4.78, 5) is 23.8. The van der Waals surface area contributed by atoms with Gasteiger partial charge >= 0.3 is 0 Å². The van der Waals surface area contributed by atoms with Crippen molar-refractivity contribution in [1.29, 1.82) is 0 Å². The minimum absolute atomic E-state index is 0.159. The second kappa shape index (κ2) is 8.60. The van der Waals surface area contributed by atoms with Crippen molar-refractivity contribution in [3.05, 3.63) is 70.6 Å². The SMILES string of the molecule is CC(=O)Nc1ccc(NC(=O)c2noc(C)c2COc2ccc(C)c(C)c2)cc1. The molecule has 0 spiro atoms. The molecule has 1 aromatic heterocycles. The number of carbonyl (C=O) groups excluding carboxylic acids is 2. The van der Waals surface area contributed by atoms with Gasteiger partial charge in [-0.05, 0) is 68.3 Å². The van der Waals surface area contributed by atoms with Crippen molar-refractivity contribution in [1.82, 2.24) is 5.16 Å². The molecule has 0 fully saturated rings. The summed E-state index contributed by atoms with van der Waals surface area (Å²) in [5.74, 6) is 0.690. The zero-order chi connectivity index (χ0) is 21.0. The summed E-state index contributed by atoms with van der Waals surface area (Å²) in [7, 11) is 0. The number of ether oxygens (including phenoxy) is 1. The van der Waals surface area contributed by atoms with E-state index in [0.29, 0.717) is 28.4 Å². The minimum Gasteiger partial charge on any atom is -0.489 e. The molecule has 2 amide bonds. The molecule has 3 rings (SSSR count). The molecule has 29 heavy (non-hydrogen) atoms. The molecule has 0 aliphatic carbocycles. The molecular formula is C22H23N3O4. The van der Waals surface area contributed by atoms with Crippen LogP contribution in [0.25, 0.3) is 0 Å². The van der Waals surface area contributed by atoms with Gasteiger partial charge in [-0.15, -0.1) is 0 Å². The van der Waals surface area contributed by atoms with Gasteiger partial charge in [0.05, 0.1) is 5.56 Å². The molecule has 0 bridgehead atoms. The first-order chi connectivity index (χ1) is 13.8. The monoisotopic (exact) mass is 393 g/mol. The number of aryl methyl sites for hydroxylation is 3. The van der Waals surface area contributed by atoms with E-state index in [2.05, 4.69) is 15.8 Å². The number of nitrogens with zero attached hydrogens (tertiary/aromatic N) is 1. The first-order valence-corrected chi connectivity index (χ1v) is 9.17. The van der Waals surface area contributed by atoms with Crippen LogP contribution in [-0.2, 0) is 11.4 Å². The van der Waals surface area contributed by atoms with Crippen LogP contribution in [-0.4, -0.2) is 17.0 Å². The van der Waals surface area contributed by atoms with E-state index in [9.17, 15) is 9.59 Å². The van der Waals surface area contributed by atoms with E-state index >= 15 is 0 Å². The lowest BCUT2D eigenvalue weighted by atomic mass is 10.1. The van der Waals surface area contributed by atoms with Crippen LogP contribution in [0.2, 0.25) is 0 Å². The van der Waals surface area contributed by atoms with Gasteiger partial charge in [-0.1, -0.05) is 11.2 Å². The average molecular weight is 393 g/mol. The third kappa shape index (κ3) is 5.01. The van der Waals surface area contributed by atoms with Gasteiger partial charge in [-0.2, -0.15) is 0 Å². The molecule has 0 saturated carbocycles. The number of carbonyl (C=O) groups is 2. The number of nitrogens with one attached hydrogen (secondary N) is 2. The van der Waals surface area contributed by atoms with Gasteiger partial charge in [0.15, 0.2) is 5.69 Å². The smallest absolute Gasteiger partial charge is 0.278 e. The average Bonchev–Trinajstić information content (AvgIpc) is 3.04. The second-order valence-corrected chi connectivity index (χ2v) is 6.81. The topological polar surface area (TPSA) is 93.5 Å². The molecule has 2 aromatic carbocycles. The molecule has 1 heterocycles. The Balaban J connectivity index is 1.70. The van der Waals surface area contributed by atoms with Crippen molar-refractivity contribution in [3.8, 4) is 5.75 Å². The Morgan fingerprint density at radius 3 is 2.24 bits per heavy atom. The highest BCUT2D eigenvalue weighted by Crippen LogP contribution is 2.21. The van der Waals surface area contributed by atoms with Gasteiger partial charge in [0.25, 0.3) is 5.91 Å². The largest absolute Gasteiger partial charge is 0.489 e. The van der Waals surface area contributed by atoms with Crippen molar-refractivity contribution < 1.29 is 18.8 Å². The van der Waals surface area contributed by atoms with Crippen LogP contribution in [0.4, 0.5) is 11.4 Å². The summed E-state index contributed by atoms with van der Waals surface area (Å²) < 4.78 is 11.1. The lowest BCUT2D eigenvalue weighted by molar-refractivity contribution is -0.114. The van der Waals surface area contributed by atoms with Gasteiger partial charge in [-0.25, -0.2) is 0 Å². The van der Waals surface area contributed by atoms with Crippen LogP contribution < -0.4 is 15.4 Å². The molecule has 2 N–H and O–H groups in total. The number of rotatable bonds is 6. The number of aromatic nitrogens is 1. The Morgan fingerprint density at radius 2 is 1.62 bits per heavy atom. The quantitative estimate of drug-likeness (QED) is 0.648. The standard InChI is InChI=1S/C22H23N3O4/c1-13-5-10-19(11-14(13)2)28-12-20-15(3)29-25-21(20)22(27)24-18-8-6-17(7-9-18)23-16(4)26/h5-11H,12H2,1-4H3,(H,23,26)(H,24,27). The van der Waals surface area contributed by atoms with Crippen LogP contribution in [0.15, 0.2) is 47.0 Å². The van der Waals surface area contributed by atoms with Crippen LogP contribution in [0.1, 0.15) is 39.9 Å². The molecule has 0 saturated heterocycles. The summed E-state index contributed by atoms with van der Waals surface area (Å²) in [6.07, 6.45) is 0. The summed E-state index contributed by atoms with van der Waals surface area (Å²) >= 11 is 0. The molecule has 0 radical (unpaired) electrons. The molecule has 7 heteroatoms. The van der Waals surface area contributed by atoms with E-state index in [4.69, 9.17) is 9.26 Å². The highest BCUT2D eigenvalue weighted by atomic mass is 16.5. The molecule has 3 aromatic rings. The van der Waals surface area contributed by atoms with E-state index < -0.39 is 5.91 Å². The second-order valence-electron chi connectivity index (χ2n) is 6.81. The maximum Gasteiger partial charge on any atom is 0.278 e. The number of hydrogen-bond acceptors (Lipinski definition) is 5. The normalized spacial score (nSPS) is 10.5. The van der Waals surface area contributed by atoms with Crippen LogP contribution >= 0.6 is 0 Å². The molecule has 0 unspecified atom stereocenters. The van der Waals surface area contributed by atoms with E-state index in [-0.39, 0.29) is 18.2 Å². The predicted octanol–water partition coefficient (Wildman–Crippen LogP) is 4.39. The third-order valence-corrected chi connectivity index (χ3v) is 4.52. The Labute approximate surface area is 169 Å². The van der Waals surface area contributed by atoms with E-state index in [1.54, 1.807) is 31.2 Å². The van der Waals surface area contributed by atoms with Crippen molar-refractivity contribution in [3.63, 3.8) is 0 Å². The highest BCUT2D eigenvalue weighted by molar-refractivity contribution is 6.04. The Morgan fingerprint density at radius 1 is 0.966 bits per heavy atom. The molecule has 7 nitrogen and oxygen atoms in total. The van der Waals surface area contributed by atoms with E-state index in [1.165, 1.54) is 12.5 Å². The van der Waals surface area contributed by atoms with Crippen molar-refractivity contribution >= 4 is 23.2 Å². The zero-order valence-corrected chi connectivity index (χ0v) is 16.8. The van der Waals surface area contributed by atoms with Gasteiger partial charge in [0, 0.05) is 18.3 Å². The van der Waals surface area contributed by atoms with Crippen LogP contribution in [0, 0.1) is 20.8 Å². The third-order valence-electron chi connectivity index (χ3n) is 4.52. The maximum atomic E-state index is 12.7. The van der Waals surface area contributed by atoms with Gasteiger partial charge in [0.1, 0.15) is 18.1 Å². The van der Waals surface area contributed by atoms with Crippen molar-refractivity contribution in [2.75, 3.05) is 10.6 Å². The Bertz CT molecular complexity index is 1040. The molecule has 0 atom stereocenters. The van der Waals surface area contributed by atoms with Crippen molar-refractivity contribution in [2.24, 2.45) is 0 Å². The number of hydrogen-bond donors (Lipinski definition) is 2. The van der Waals surface area contributed by atoms with Gasteiger partial charge in [-0.3, -0.25) is 9.59 Å². The van der Waals surface area contributed by atoms with E-state index in [1.807, 2.05) is 32.0 Å². The Hall–Kier alpha value is -3.61. The molecule has 0 aliphatic rings. The number of amides is 2. The molecule has 0 aliphatic heterocycles. The predicted molar refractivity (Wildman–Crippen MR) is 110 cm³/mol. The zero-order valence-electron chi connectivity index (χ0n) is 16.8. The lowest BCUT2D eigenvalue weighted by Crippen LogP contribution is -2.15. The first kappa shape index (κ1) is 20.1. The fraction of sp³-hybridized carbons (Fsp3) is 0.227. The van der Waals surface area contributed by atoms with Gasteiger partial charge in [0.2, 0.25) is 5.91 Å². The van der Waals surface area contributed by atoms with E-state index in [0.717, 1.165) is 5.56 Å². The number of anilines is 2. The molecule has 150 valence electrons. The van der Waals surface area contributed by atoms with Gasteiger partial charge < -0.3 is 19.9 Å². The highest BCUT2D eigenvalue weighted by Gasteiger charge is 2.20.